The van der Waals surface area contributed by atoms with Crippen LogP contribution >= 0.6 is 0 Å². The summed E-state index contributed by atoms with van der Waals surface area (Å²) >= 11 is 0. The van der Waals surface area contributed by atoms with Gasteiger partial charge in [0.25, 0.3) is 0 Å². The molecule has 1 unspecified atom stereocenters. The van der Waals surface area contributed by atoms with Crippen molar-refractivity contribution in [3.63, 3.8) is 0 Å². The lowest BCUT2D eigenvalue weighted by Gasteiger charge is -1.96. The Morgan fingerprint density at radius 3 is 2.91 bits per heavy atom. The molecule has 1 atom stereocenters. The van der Waals surface area contributed by atoms with E-state index in [1.54, 1.807) is 6.92 Å². The molecular weight excluding hydrogens is 144 g/mol. The average Bonchev–Trinajstić information content (AvgIpc) is 2.81. The van der Waals surface area contributed by atoms with E-state index in [0.717, 1.165) is 13.0 Å². The number of ether oxygens (including phenoxy) is 2. The van der Waals surface area contributed by atoms with Crippen LogP contribution in [0.2, 0.25) is 0 Å². The first kappa shape index (κ1) is 8.27. The molecule has 1 aliphatic rings. The Morgan fingerprint density at radius 1 is 1.82 bits per heavy atom. The highest BCUT2D eigenvalue weighted by molar-refractivity contribution is 5.87. The van der Waals surface area contributed by atoms with Gasteiger partial charge >= 0.3 is 5.97 Å². The smallest absolute Gasteiger partial charge is 0.333 e. The summed E-state index contributed by atoms with van der Waals surface area (Å²) in [7, 11) is 1.38. The van der Waals surface area contributed by atoms with Crippen LogP contribution in [0, 0.1) is 0 Å². The zero-order chi connectivity index (χ0) is 8.27. The van der Waals surface area contributed by atoms with E-state index in [1.807, 2.05) is 6.08 Å². The van der Waals surface area contributed by atoms with E-state index in [9.17, 15) is 4.79 Å². The van der Waals surface area contributed by atoms with E-state index in [4.69, 9.17) is 4.74 Å². The average molecular weight is 156 g/mol. The normalized spacial score (nSPS) is 23.1. The molecule has 1 saturated heterocycles. The molecule has 0 aromatic rings. The molecule has 0 saturated carbocycles. The van der Waals surface area contributed by atoms with Crippen LogP contribution in [-0.4, -0.2) is 25.8 Å². The standard InChI is InChI=1S/C8H12O3/c1-6(8(9)10-2)3-4-7-5-11-7/h3,7H,4-5H2,1-2H3. The molecule has 1 rings (SSSR count). The molecular formula is C8H12O3. The summed E-state index contributed by atoms with van der Waals surface area (Å²) in [5, 5.41) is 0. The Bertz CT molecular complexity index is 180. The van der Waals surface area contributed by atoms with Gasteiger partial charge in [0, 0.05) is 5.57 Å². The molecule has 1 heterocycles. The number of rotatable bonds is 3. The summed E-state index contributed by atoms with van der Waals surface area (Å²) in [5.41, 5.74) is 0.656. The second-order valence-electron chi connectivity index (χ2n) is 2.57. The van der Waals surface area contributed by atoms with Crippen LogP contribution in [0.4, 0.5) is 0 Å². The Labute approximate surface area is 66.0 Å². The first-order chi connectivity index (χ1) is 5.24. The third-order valence-electron chi connectivity index (χ3n) is 1.60. The molecule has 0 aromatic heterocycles. The van der Waals surface area contributed by atoms with Crippen LogP contribution in [0.5, 0.6) is 0 Å². The summed E-state index contributed by atoms with van der Waals surface area (Å²) in [6, 6.07) is 0. The second-order valence-corrected chi connectivity index (χ2v) is 2.57. The highest BCUT2D eigenvalue weighted by Crippen LogP contribution is 2.14. The van der Waals surface area contributed by atoms with Crippen LogP contribution in [0.15, 0.2) is 11.6 Å². The lowest BCUT2D eigenvalue weighted by molar-refractivity contribution is -0.136. The maximum Gasteiger partial charge on any atom is 0.333 e. The molecule has 0 N–H and O–H groups in total. The van der Waals surface area contributed by atoms with E-state index in [1.165, 1.54) is 7.11 Å². The molecule has 1 fully saturated rings. The minimum atomic E-state index is -0.259. The lowest BCUT2D eigenvalue weighted by Crippen LogP contribution is -2.01. The van der Waals surface area contributed by atoms with Gasteiger partial charge in [0.1, 0.15) is 0 Å². The van der Waals surface area contributed by atoms with Gasteiger partial charge in [-0.05, 0) is 13.3 Å². The van der Waals surface area contributed by atoms with Gasteiger partial charge < -0.3 is 9.47 Å². The topological polar surface area (TPSA) is 38.8 Å². The van der Waals surface area contributed by atoms with E-state index in [0.29, 0.717) is 11.7 Å². The number of methoxy groups -OCH3 is 1. The maximum absolute atomic E-state index is 10.8. The summed E-state index contributed by atoms with van der Waals surface area (Å²) in [6.45, 7) is 2.57. The van der Waals surface area contributed by atoms with E-state index in [-0.39, 0.29) is 5.97 Å². The number of hydrogen-bond donors (Lipinski definition) is 0. The molecule has 3 nitrogen and oxygen atoms in total. The predicted octanol–water partition coefficient (Wildman–Crippen LogP) is 0.895. The van der Waals surface area contributed by atoms with Gasteiger partial charge in [0.2, 0.25) is 0 Å². The third kappa shape index (κ3) is 2.72. The van der Waals surface area contributed by atoms with Crippen molar-refractivity contribution in [3.05, 3.63) is 11.6 Å². The molecule has 0 aromatic carbocycles. The van der Waals surface area contributed by atoms with E-state index < -0.39 is 0 Å². The van der Waals surface area contributed by atoms with Crippen molar-refractivity contribution in [2.45, 2.75) is 19.4 Å². The Morgan fingerprint density at radius 2 is 2.45 bits per heavy atom. The fraction of sp³-hybridized carbons (Fsp3) is 0.625. The minimum Gasteiger partial charge on any atom is -0.466 e. The van der Waals surface area contributed by atoms with E-state index in [2.05, 4.69) is 4.74 Å². The zero-order valence-corrected chi connectivity index (χ0v) is 6.79. The quantitative estimate of drug-likeness (QED) is 0.346. The Hall–Kier alpha value is -0.830. The molecule has 0 bridgehead atoms. The van der Waals surface area contributed by atoms with Gasteiger partial charge in [-0.3, -0.25) is 0 Å². The SMILES string of the molecule is COC(=O)C(C)=CCC1CO1. The van der Waals surface area contributed by atoms with Gasteiger partial charge in [-0.25, -0.2) is 4.79 Å². The van der Waals surface area contributed by atoms with Gasteiger partial charge in [0.15, 0.2) is 0 Å². The minimum absolute atomic E-state index is 0.259. The van der Waals surface area contributed by atoms with Crippen LogP contribution in [0.25, 0.3) is 0 Å². The molecule has 0 radical (unpaired) electrons. The summed E-state index contributed by atoms with van der Waals surface area (Å²) in [4.78, 5) is 10.8. The van der Waals surface area contributed by atoms with Crippen molar-refractivity contribution >= 4 is 5.97 Å². The van der Waals surface area contributed by atoms with Crippen LogP contribution < -0.4 is 0 Å². The van der Waals surface area contributed by atoms with Gasteiger partial charge in [-0.15, -0.1) is 0 Å². The monoisotopic (exact) mass is 156 g/mol. The lowest BCUT2D eigenvalue weighted by atomic mass is 10.2. The number of epoxide rings is 1. The summed E-state index contributed by atoms with van der Waals surface area (Å²) in [5.74, 6) is -0.259. The largest absolute Gasteiger partial charge is 0.466 e. The molecule has 11 heavy (non-hydrogen) atoms. The number of carbonyl (C=O) groups excluding carboxylic acids is 1. The van der Waals surface area contributed by atoms with Gasteiger partial charge in [-0.2, -0.15) is 0 Å². The fourth-order valence-electron chi connectivity index (χ4n) is 0.757. The molecule has 0 aliphatic carbocycles. The molecule has 3 heteroatoms. The van der Waals surface area contributed by atoms with Crippen LogP contribution in [0.3, 0.4) is 0 Å². The molecule has 62 valence electrons. The Kier molecular flexibility index (Phi) is 2.65. The van der Waals surface area contributed by atoms with Crippen molar-refractivity contribution < 1.29 is 14.3 Å². The number of hydrogen-bond acceptors (Lipinski definition) is 3. The fourth-order valence-corrected chi connectivity index (χ4v) is 0.757. The van der Waals surface area contributed by atoms with Crippen molar-refractivity contribution in [2.75, 3.05) is 13.7 Å². The van der Waals surface area contributed by atoms with Gasteiger partial charge in [-0.1, -0.05) is 6.08 Å². The highest BCUT2D eigenvalue weighted by Gasteiger charge is 2.20. The van der Waals surface area contributed by atoms with Crippen molar-refractivity contribution in [3.8, 4) is 0 Å². The zero-order valence-electron chi connectivity index (χ0n) is 6.79. The summed E-state index contributed by atoms with van der Waals surface area (Å²) < 4.78 is 9.49. The first-order valence-electron chi connectivity index (χ1n) is 3.60. The number of esters is 1. The highest BCUT2D eigenvalue weighted by atomic mass is 16.6. The predicted molar refractivity (Wildman–Crippen MR) is 40.1 cm³/mol. The third-order valence-corrected chi connectivity index (χ3v) is 1.60. The summed E-state index contributed by atoms with van der Waals surface area (Å²) in [6.07, 6.45) is 3.01. The van der Waals surface area contributed by atoms with Crippen molar-refractivity contribution in [1.82, 2.24) is 0 Å². The first-order valence-corrected chi connectivity index (χ1v) is 3.60. The van der Waals surface area contributed by atoms with Crippen LogP contribution in [-0.2, 0) is 14.3 Å². The molecule has 1 aliphatic heterocycles. The van der Waals surface area contributed by atoms with E-state index >= 15 is 0 Å². The number of carbonyl (C=O) groups is 1. The maximum atomic E-state index is 10.8. The molecule has 0 amide bonds. The molecule has 0 spiro atoms. The van der Waals surface area contributed by atoms with Gasteiger partial charge in [0.05, 0.1) is 19.8 Å². The second kappa shape index (κ2) is 3.53. The van der Waals surface area contributed by atoms with Crippen LogP contribution in [0.1, 0.15) is 13.3 Å². The van der Waals surface area contributed by atoms with Crippen molar-refractivity contribution in [2.24, 2.45) is 0 Å². The Balaban J connectivity index is 2.30. The van der Waals surface area contributed by atoms with Crippen molar-refractivity contribution in [1.29, 1.82) is 0 Å².